The van der Waals surface area contributed by atoms with Crippen LogP contribution in [0.3, 0.4) is 0 Å². The number of nitrogens with zero attached hydrogens (tertiary/aromatic N) is 1. The minimum Gasteiger partial charge on any atom is -0.481 e. The summed E-state index contributed by atoms with van der Waals surface area (Å²) < 4.78 is 5.36. The fourth-order valence-corrected chi connectivity index (χ4v) is 2.63. The first-order valence-electron chi connectivity index (χ1n) is 6.69. The van der Waals surface area contributed by atoms with Crippen molar-refractivity contribution in [3.05, 3.63) is 34.9 Å². The molecule has 1 aliphatic heterocycles. The second-order valence-corrected chi connectivity index (χ2v) is 5.05. The fourth-order valence-electron chi connectivity index (χ4n) is 2.63. The van der Waals surface area contributed by atoms with Gasteiger partial charge < -0.3 is 9.84 Å². The molecule has 0 aliphatic carbocycles. The molecule has 19 heavy (non-hydrogen) atoms. The van der Waals surface area contributed by atoms with E-state index < -0.39 is 5.97 Å². The number of benzene rings is 1. The summed E-state index contributed by atoms with van der Waals surface area (Å²) in [6.07, 6.45) is 0.143. The summed E-state index contributed by atoms with van der Waals surface area (Å²) in [5.41, 5.74) is 3.53. The van der Waals surface area contributed by atoms with E-state index in [4.69, 9.17) is 4.74 Å². The van der Waals surface area contributed by atoms with Crippen molar-refractivity contribution in [2.45, 2.75) is 26.3 Å². The predicted molar refractivity (Wildman–Crippen MR) is 73.3 cm³/mol. The van der Waals surface area contributed by atoms with E-state index in [1.165, 1.54) is 11.1 Å². The van der Waals surface area contributed by atoms with Crippen LogP contribution in [0, 0.1) is 13.8 Å². The van der Waals surface area contributed by atoms with Crippen LogP contribution >= 0.6 is 0 Å². The number of carboxylic acids is 1. The van der Waals surface area contributed by atoms with Crippen LogP contribution in [0.4, 0.5) is 0 Å². The Kier molecular flexibility index (Phi) is 4.56. The molecule has 1 fully saturated rings. The Morgan fingerprint density at radius 2 is 2.05 bits per heavy atom. The van der Waals surface area contributed by atoms with Crippen LogP contribution in [0.2, 0.25) is 0 Å². The van der Waals surface area contributed by atoms with E-state index in [9.17, 15) is 9.90 Å². The highest BCUT2D eigenvalue weighted by molar-refractivity contribution is 5.68. The molecule has 1 unspecified atom stereocenters. The van der Waals surface area contributed by atoms with Gasteiger partial charge in [0.05, 0.1) is 19.6 Å². The molecule has 0 aromatic heterocycles. The number of hydrogen-bond acceptors (Lipinski definition) is 3. The molecular formula is C15H21NO3. The third kappa shape index (κ3) is 3.33. The number of rotatable bonds is 4. The van der Waals surface area contributed by atoms with Crippen LogP contribution in [0.5, 0.6) is 0 Å². The van der Waals surface area contributed by atoms with Crippen molar-refractivity contribution in [1.82, 2.24) is 4.90 Å². The van der Waals surface area contributed by atoms with E-state index in [1.807, 2.05) is 12.1 Å². The highest BCUT2D eigenvalue weighted by Crippen LogP contribution is 2.29. The van der Waals surface area contributed by atoms with Crippen molar-refractivity contribution >= 4 is 5.97 Å². The summed E-state index contributed by atoms with van der Waals surface area (Å²) in [7, 11) is 0. The van der Waals surface area contributed by atoms with E-state index in [1.54, 1.807) is 0 Å². The third-order valence-electron chi connectivity index (χ3n) is 3.86. The molecule has 1 atom stereocenters. The first-order chi connectivity index (χ1) is 9.09. The Hall–Kier alpha value is -1.39. The molecule has 0 saturated carbocycles. The number of ether oxygens (including phenoxy) is 1. The average molecular weight is 263 g/mol. The van der Waals surface area contributed by atoms with Gasteiger partial charge in [0.2, 0.25) is 0 Å². The molecule has 1 aromatic carbocycles. The maximum atomic E-state index is 11.2. The quantitative estimate of drug-likeness (QED) is 0.904. The molecule has 0 radical (unpaired) electrons. The topological polar surface area (TPSA) is 49.8 Å². The molecule has 0 spiro atoms. The smallest absolute Gasteiger partial charge is 0.305 e. The number of hydrogen-bond donors (Lipinski definition) is 1. The van der Waals surface area contributed by atoms with Crippen LogP contribution < -0.4 is 0 Å². The maximum absolute atomic E-state index is 11.2. The van der Waals surface area contributed by atoms with Gasteiger partial charge in [-0.15, -0.1) is 0 Å². The van der Waals surface area contributed by atoms with Crippen molar-refractivity contribution in [2.75, 3.05) is 26.3 Å². The van der Waals surface area contributed by atoms with Gasteiger partial charge in [0.25, 0.3) is 0 Å². The van der Waals surface area contributed by atoms with Crippen LogP contribution in [-0.4, -0.2) is 42.3 Å². The first kappa shape index (κ1) is 14.0. The van der Waals surface area contributed by atoms with E-state index in [-0.39, 0.29) is 12.5 Å². The first-order valence-corrected chi connectivity index (χ1v) is 6.69. The molecule has 1 aromatic rings. The molecule has 1 N–H and O–H groups in total. The lowest BCUT2D eigenvalue weighted by molar-refractivity contribution is -0.139. The Labute approximate surface area is 114 Å². The Bertz CT molecular complexity index is 453. The zero-order valence-electron chi connectivity index (χ0n) is 11.6. The van der Waals surface area contributed by atoms with E-state index in [0.717, 1.165) is 18.7 Å². The van der Waals surface area contributed by atoms with Crippen molar-refractivity contribution in [3.63, 3.8) is 0 Å². The number of aliphatic carboxylic acids is 1. The van der Waals surface area contributed by atoms with Crippen molar-refractivity contribution in [3.8, 4) is 0 Å². The molecule has 0 amide bonds. The average Bonchev–Trinajstić information content (AvgIpc) is 2.40. The number of carbonyl (C=O) groups is 1. The van der Waals surface area contributed by atoms with E-state index >= 15 is 0 Å². The fraction of sp³-hybridized carbons (Fsp3) is 0.533. The highest BCUT2D eigenvalue weighted by Gasteiger charge is 2.26. The normalized spacial score (nSPS) is 18.2. The number of morpholine rings is 1. The van der Waals surface area contributed by atoms with Gasteiger partial charge in [-0.25, -0.2) is 0 Å². The molecule has 104 valence electrons. The van der Waals surface area contributed by atoms with E-state index in [2.05, 4.69) is 24.8 Å². The second kappa shape index (κ2) is 6.17. The largest absolute Gasteiger partial charge is 0.481 e. The molecule has 4 nitrogen and oxygen atoms in total. The minimum atomic E-state index is -0.752. The van der Waals surface area contributed by atoms with Gasteiger partial charge in [-0.3, -0.25) is 9.69 Å². The van der Waals surface area contributed by atoms with Crippen LogP contribution in [0.25, 0.3) is 0 Å². The Morgan fingerprint density at radius 1 is 1.37 bits per heavy atom. The molecule has 0 bridgehead atoms. The van der Waals surface area contributed by atoms with Crippen LogP contribution in [-0.2, 0) is 9.53 Å². The summed E-state index contributed by atoms with van der Waals surface area (Å²) in [6, 6.07) is 6.07. The molecule has 1 aliphatic rings. The molecular weight excluding hydrogens is 242 g/mol. The maximum Gasteiger partial charge on any atom is 0.305 e. The van der Waals surface area contributed by atoms with Gasteiger partial charge in [-0.2, -0.15) is 0 Å². The van der Waals surface area contributed by atoms with Crippen LogP contribution in [0.1, 0.15) is 29.2 Å². The summed E-state index contributed by atoms with van der Waals surface area (Å²) >= 11 is 0. The highest BCUT2D eigenvalue weighted by atomic mass is 16.5. The summed E-state index contributed by atoms with van der Waals surface area (Å²) in [5, 5.41) is 9.18. The van der Waals surface area contributed by atoms with Crippen LogP contribution in [0.15, 0.2) is 18.2 Å². The van der Waals surface area contributed by atoms with Gasteiger partial charge in [0.1, 0.15) is 0 Å². The van der Waals surface area contributed by atoms with Crippen molar-refractivity contribution in [1.29, 1.82) is 0 Å². The second-order valence-electron chi connectivity index (χ2n) is 5.05. The van der Waals surface area contributed by atoms with E-state index in [0.29, 0.717) is 13.2 Å². The number of aryl methyl sites for hydroxylation is 1. The summed E-state index contributed by atoms with van der Waals surface area (Å²) in [6.45, 7) is 7.09. The molecule has 1 heterocycles. The van der Waals surface area contributed by atoms with Gasteiger partial charge in [-0.1, -0.05) is 18.2 Å². The third-order valence-corrected chi connectivity index (χ3v) is 3.86. The lowest BCUT2D eigenvalue weighted by Gasteiger charge is -2.35. The Morgan fingerprint density at radius 3 is 2.68 bits per heavy atom. The Balaban J connectivity index is 2.30. The minimum absolute atomic E-state index is 0.0544. The monoisotopic (exact) mass is 263 g/mol. The van der Waals surface area contributed by atoms with Crippen molar-refractivity contribution < 1.29 is 14.6 Å². The zero-order chi connectivity index (χ0) is 13.8. The summed E-state index contributed by atoms with van der Waals surface area (Å²) in [4.78, 5) is 13.4. The van der Waals surface area contributed by atoms with Gasteiger partial charge >= 0.3 is 5.97 Å². The van der Waals surface area contributed by atoms with Crippen molar-refractivity contribution in [2.24, 2.45) is 0 Å². The lowest BCUT2D eigenvalue weighted by atomic mass is 9.94. The number of carboxylic acid groups (broad SMARTS) is 1. The van der Waals surface area contributed by atoms with Gasteiger partial charge in [0, 0.05) is 19.1 Å². The SMILES string of the molecule is Cc1cccc(C(CC(=O)O)N2CCOCC2)c1C. The molecule has 1 saturated heterocycles. The van der Waals surface area contributed by atoms with Gasteiger partial charge in [-0.05, 0) is 30.5 Å². The summed E-state index contributed by atoms with van der Waals surface area (Å²) in [5.74, 6) is -0.752. The standard InChI is InChI=1S/C15H21NO3/c1-11-4-3-5-13(12(11)2)14(10-15(17)18)16-6-8-19-9-7-16/h3-5,14H,6-10H2,1-2H3,(H,17,18). The van der Waals surface area contributed by atoms with Gasteiger partial charge in [0.15, 0.2) is 0 Å². The lowest BCUT2D eigenvalue weighted by Crippen LogP contribution is -2.40. The zero-order valence-corrected chi connectivity index (χ0v) is 11.6. The molecule has 4 heteroatoms. The molecule has 2 rings (SSSR count). The predicted octanol–water partition coefficient (Wildman–Crippen LogP) is 2.15.